The highest BCUT2D eigenvalue weighted by molar-refractivity contribution is 7.18. The van der Waals surface area contributed by atoms with Gasteiger partial charge in [0.25, 0.3) is 5.91 Å². The Morgan fingerprint density at radius 2 is 1.75 bits per heavy atom. The van der Waals surface area contributed by atoms with Crippen molar-refractivity contribution in [1.29, 1.82) is 0 Å². The number of amides is 1. The fraction of sp³-hybridized carbons (Fsp3) is 0.0417. The van der Waals surface area contributed by atoms with E-state index in [0.717, 1.165) is 10.4 Å². The molecule has 1 N–H and O–H groups in total. The highest BCUT2D eigenvalue weighted by atomic mass is 35.5. The lowest BCUT2D eigenvalue weighted by atomic mass is 10.2. The van der Waals surface area contributed by atoms with Gasteiger partial charge in [-0.05, 0) is 48.0 Å². The third-order valence-electron chi connectivity index (χ3n) is 4.45. The molecule has 0 aliphatic heterocycles. The van der Waals surface area contributed by atoms with Crippen LogP contribution in [-0.2, 0) is 4.74 Å². The maximum atomic E-state index is 13.1. The van der Waals surface area contributed by atoms with Gasteiger partial charge < -0.3 is 14.8 Å². The number of carbonyl (C=O) groups is 2. The zero-order valence-electron chi connectivity index (χ0n) is 16.9. The van der Waals surface area contributed by atoms with E-state index >= 15 is 0 Å². The molecule has 2 aromatic heterocycles. The van der Waals surface area contributed by atoms with E-state index in [9.17, 15) is 9.59 Å². The lowest BCUT2D eigenvalue weighted by molar-refractivity contribution is 0.0607. The summed E-state index contributed by atoms with van der Waals surface area (Å²) in [6.45, 7) is 0. The van der Waals surface area contributed by atoms with Crippen LogP contribution in [0.25, 0.3) is 10.4 Å². The van der Waals surface area contributed by atoms with Gasteiger partial charge in [0.1, 0.15) is 16.2 Å². The van der Waals surface area contributed by atoms with Crippen LogP contribution >= 0.6 is 22.9 Å². The number of nitrogens with one attached hydrogen (secondary N) is 1. The van der Waals surface area contributed by atoms with Crippen molar-refractivity contribution in [3.63, 3.8) is 0 Å². The predicted molar refractivity (Wildman–Crippen MR) is 125 cm³/mol. The second-order valence-corrected chi connectivity index (χ2v) is 8.07. The molecule has 0 atom stereocenters. The summed E-state index contributed by atoms with van der Waals surface area (Å²) >= 11 is 7.19. The number of esters is 1. The first-order valence-electron chi connectivity index (χ1n) is 9.52. The minimum absolute atomic E-state index is 0.156. The molecule has 0 bridgehead atoms. The molecule has 4 rings (SSSR count). The van der Waals surface area contributed by atoms with Crippen LogP contribution in [0.1, 0.15) is 20.0 Å². The number of nitrogens with zero attached hydrogens (tertiary/aromatic N) is 1. The Bertz CT molecular complexity index is 1260. The Balaban J connectivity index is 1.65. The SMILES string of the molecule is COC(=O)c1sc(-c2ccc(Cl)cc2)cc1NC(=O)c1cccnc1Oc1ccccc1. The van der Waals surface area contributed by atoms with Gasteiger partial charge in [-0.1, -0.05) is 41.9 Å². The molecule has 6 nitrogen and oxygen atoms in total. The second kappa shape index (κ2) is 9.64. The number of hydrogen-bond acceptors (Lipinski definition) is 6. The number of methoxy groups -OCH3 is 1. The lowest BCUT2D eigenvalue weighted by Gasteiger charge is -2.10. The van der Waals surface area contributed by atoms with Crippen molar-refractivity contribution in [3.8, 4) is 22.1 Å². The topological polar surface area (TPSA) is 77.5 Å². The van der Waals surface area contributed by atoms with Crippen molar-refractivity contribution in [2.24, 2.45) is 0 Å². The molecule has 0 spiro atoms. The van der Waals surface area contributed by atoms with Gasteiger partial charge in [-0.3, -0.25) is 4.79 Å². The summed E-state index contributed by atoms with van der Waals surface area (Å²) in [5.74, 6) is -0.299. The number of anilines is 1. The number of pyridine rings is 1. The van der Waals surface area contributed by atoms with E-state index in [1.54, 1.807) is 42.5 Å². The normalized spacial score (nSPS) is 10.4. The Morgan fingerprint density at radius 3 is 2.47 bits per heavy atom. The Hall–Kier alpha value is -3.68. The first kappa shape index (κ1) is 21.5. The molecule has 0 saturated heterocycles. The summed E-state index contributed by atoms with van der Waals surface area (Å²) in [5, 5.41) is 3.40. The number of carbonyl (C=O) groups excluding carboxylic acids is 2. The van der Waals surface area contributed by atoms with Crippen molar-refractivity contribution >= 4 is 40.5 Å². The van der Waals surface area contributed by atoms with Gasteiger partial charge in [-0.25, -0.2) is 9.78 Å². The van der Waals surface area contributed by atoms with Crippen LogP contribution in [0.15, 0.2) is 79.0 Å². The lowest BCUT2D eigenvalue weighted by Crippen LogP contribution is -2.15. The van der Waals surface area contributed by atoms with E-state index in [1.807, 2.05) is 30.3 Å². The maximum Gasteiger partial charge on any atom is 0.350 e. The molecule has 4 aromatic rings. The van der Waals surface area contributed by atoms with Crippen LogP contribution in [-0.4, -0.2) is 24.0 Å². The van der Waals surface area contributed by atoms with E-state index in [-0.39, 0.29) is 16.3 Å². The summed E-state index contributed by atoms with van der Waals surface area (Å²) in [6.07, 6.45) is 1.54. The molecule has 2 heterocycles. The third-order valence-corrected chi connectivity index (χ3v) is 5.87. The van der Waals surface area contributed by atoms with Crippen molar-refractivity contribution in [1.82, 2.24) is 4.98 Å². The first-order valence-corrected chi connectivity index (χ1v) is 10.7. The molecule has 160 valence electrons. The quantitative estimate of drug-likeness (QED) is 0.339. The highest BCUT2D eigenvalue weighted by Gasteiger charge is 2.22. The zero-order valence-corrected chi connectivity index (χ0v) is 18.4. The molecule has 0 radical (unpaired) electrons. The number of halogens is 1. The van der Waals surface area contributed by atoms with E-state index in [1.165, 1.54) is 24.6 Å². The van der Waals surface area contributed by atoms with E-state index in [2.05, 4.69) is 10.3 Å². The standard InChI is InChI=1S/C24H17ClN2O4S/c1-30-24(29)21-19(14-20(32-21)15-9-11-16(25)12-10-15)27-22(28)18-8-5-13-26-23(18)31-17-6-3-2-4-7-17/h2-14H,1H3,(H,27,28). The van der Waals surface area contributed by atoms with Crippen LogP contribution < -0.4 is 10.1 Å². The molecule has 0 unspecified atom stereocenters. The number of ether oxygens (including phenoxy) is 2. The first-order chi connectivity index (χ1) is 15.5. The monoisotopic (exact) mass is 464 g/mol. The summed E-state index contributed by atoms with van der Waals surface area (Å²) in [7, 11) is 1.29. The molecule has 8 heteroatoms. The predicted octanol–water partition coefficient (Wildman–Crippen LogP) is 6.29. The van der Waals surface area contributed by atoms with Crippen LogP contribution in [0.2, 0.25) is 5.02 Å². The maximum absolute atomic E-state index is 13.1. The number of para-hydroxylation sites is 1. The summed E-state index contributed by atoms with van der Waals surface area (Å²) < 4.78 is 10.7. The van der Waals surface area contributed by atoms with Crippen molar-refractivity contribution < 1.29 is 19.1 Å². The summed E-state index contributed by atoms with van der Waals surface area (Å²) in [4.78, 5) is 30.7. The van der Waals surface area contributed by atoms with Crippen LogP contribution in [0.4, 0.5) is 5.69 Å². The van der Waals surface area contributed by atoms with Crippen molar-refractivity contribution in [2.75, 3.05) is 12.4 Å². The number of thiophene rings is 1. The summed E-state index contributed by atoms with van der Waals surface area (Å²) in [5.41, 5.74) is 1.43. The molecule has 0 aliphatic carbocycles. The largest absolute Gasteiger partial charge is 0.465 e. The van der Waals surface area contributed by atoms with Gasteiger partial charge in [0.05, 0.1) is 12.8 Å². The average Bonchev–Trinajstić information content (AvgIpc) is 3.23. The van der Waals surface area contributed by atoms with Crippen molar-refractivity contribution in [3.05, 3.63) is 94.5 Å². The number of hydrogen-bond donors (Lipinski definition) is 1. The summed E-state index contributed by atoms with van der Waals surface area (Å²) in [6, 6.07) is 21.2. The van der Waals surface area contributed by atoms with Gasteiger partial charge >= 0.3 is 5.97 Å². The molecule has 0 aliphatic rings. The zero-order chi connectivity index (χ0) is 22.5. The van der Waals surface area contributed by atoms with Crippen molar-refractivity contribution in [2.45, 2.75) is 0 Å². The smallest absolute Gasteiger partial charge is 0.350 e. The molecule has 0 fully saturated rings. The number of aromatic nitrogens is 1. The van der Waals surface area contributed by atoms with Gasteiger partial charge in [-0.2, -0.15) is 0 Å². The van der Waals surface area contributed by atoms with Crippen LogP contribution in [0.3, 0.4) is 0 Å². The fourth-order valence-electron chi connectivity index (χ4n) is 2.92. The van der Waals surface area contributed by atoms with E-state index in [4.69, 9.17) is 21.1 Å². The van der Waals surface area contributed by atoms with Gasteiger partial charge in [0, 0.05) is 16.1 Å². The Morgan fingerprint density at radius 1 is 1.00 bits per heavy atom. The van der Waals surface area contributed by atoms with Gasteiger partial charge in [-0.15, -0.1) is 11.3 Å². The molecule has 32 heavy (non-hydrogen) atoms. The van der Waals surface area contributed by atoms with E-state index < -0.39 is 11.9 Å². The molecule has 2 aromatic carbocycles. The number of benzene rings is 2. The molecular weight excluding hydrogens is 448 g/mol. The minimum Gasteiger partial charge on any atom is -0.465 e. The van der Waals surface area contributed by atoms with Crippen LogP contribution in [0, 0.1) is 0 Å². The molecule has 1 amide bonds. The number of rotatable bonds is 6. The average molecular weight is 465 g/mol. The van der Waals surface area contributed by atoms with E-state index in [0.29, 0.717) is 16.5 Å². The van der Waals surface area contributed by atoms with Gasteiger partial charge in [0.2, 0.25) is 5.88 Å². The van der Waals surface area contributed by atoms with Gasteiger partial charge in [0.15, 0.2) is 0 Å². The Kier molecular flexibility index (Phi) is 6.49. The highest BCUT2D eigenvalue weighted by Crippen LogP contribution is 2.36. The van der Waals surface area contributed by atoms with Crippen LogP contribution in [0.5, 0.6) is 11.6 Å². The molecule has 0 saturated carbocycles. The second-order valence-electron chi connectivity index (χ2n) is 6.58. The Labute approximate surface area is 193 Å². The fourth-order valence-corrected chi connectivity index (χ4v) is 4.08. The molecular formula is C24H17ClN2O4S. The third kappa shape index (κ3) is 4.80. The minimum atomic E-state index is -0.544.